The zero-order valence-electron chi connectivity index (χ0n) is 14.6. The van der Waals surface area contributed by atoms with Crippen molar-refractivity contribution in [2.75, 3.05) is 6.61 Å². The van der Waals surface area contributed by atoms with Gasteiger partial charge in [-0.05, 0) is 6.42 Å². The number of nitrogens with one attached hydrogen (secondary N) is 4. The molecule has 8 N–H and O–H groups in total. The van der Waals surface area contributed by atoms with Gasteiger partial charge in [-0.1, -0.05) is 13.3 Å². The molecule has 2 aromatic rings. The van der Waals surface area contributed by atoms with Crippen LogP contribution in [-0.4, -0.2) is 62.0 Å². The summed E-state index contributed by atoms with van der Waals surface area (Å²) in [4.78, 5) is 43.1. The number of imidazole rings is 1. The molecular weight excluding hydrogens is 360 g/mol. The molecule has 0 aromatic carbocycles. The molecule has 0 radical (unpaired) electrons. The maximum Gasteiger partial charge on any atom is 0.384 e. The van der Waals surface area contributed by atoms with Gasteiger partial charge in [0.05, 0.1) is 12.6 Å². The van der Waals surface area contributed by atoms with Crippen molar-refractivity contribution in [1.29, 1.82) is 0 Å². The average molecular weight is 383 g/mol. The van der Waals surface area contributed by atoms with E-state index < -0.39 is 54.3 Å². The van der Waals surface area contributed by atoms with Gasteiger partial charge in [0, 0.05) is 0 Å². The van der Waals surface area contributed by atoms with Crippen molar-refractivity contribution in [3.8, 4) is 0 Å². The van der Waals surface area contributed by atoms with Crippen LogP contribution < -0.4 is 26.9 Å². The van der Waals surface area contributed by atoms with Crippen molar-refractivity contribution >= 4 is 17.1 Å². The van der Waals surface area contributed by atoms with Gasteiger partial charge in [0.25, 0.3) is 11.2 Å². The summed E-state index contributed by atoms with van der Waals surface area (Å²) in [7, 11) is 0. The number of rotatable bonds is 6. The summed E-state index contributed by atoms with van der Waals surface area (Å²) in [6.45, 7) is 1.41. The van der Waals surface area contributed by atoms with Crippen LogP contribution in [0.2, 0.25) is 0 Å². The number of carbonyl (C=O) groups excluding carboxylic acids is 1. The molecule has 5 atom stereocenters. The van der Waals surface area contributed by atoms with Gasteiger partial charge < -0.3 is 26.0 Å². The molecular formula is C15H23N6O6+. The van der Waals surface area contributed by atoms with Crippen molar-refractivity contribution < 1.29 is 24.3 Å². The molecule has 0 bridgehead atoms. The molecule has 27 heavy (non-hydrogen) atoms. The predicted molar refractivity (Wildman–Crippen MR) is 91.6 cm³/mol. The second kappa shape index (κ2) is 7.60. The Balaban J connectivity index is 1.98. The summed E-state index contributed by atoms with van der Waals surface area (Å²) < 4.78 is 7.04. The highest BCUT2D eigenvalue weighted by molar-refractivity contribution is 5.81. The van der Waals surface area contributed by atoms with Crippen molar-refractivity contribution in [2.24, 2.45) is 5.73 Å². The number of carbonyl (C=O) groups is 1. The number of fused-ring (bicyclic) bond motifs is 1. The smallest absolute Gasteiger partial charge is 0.384 e. The number of hydrogen-bond donors (Lipinski definition) is 7. The Morgan fingerprint density at radius 2 is 2.19 bits per heavy atom. The van der Waals surface area contributed by atoms with E-state index in [0.717, 1.165) is 0 Å². The molecule has 1 saturated heterocycles. The van der Waals surface area contributed by atoms with Crippen LogP contribution in [0.15, 0.2) is 15.9 Å². The summed E-state index contributed by atoms with van der Waals surface area (Å²) in [6, 6.07) is -1.71. The van der Waals surface area contributed by atoms with Gasteiger partial charge >= 0.3 is 5.69 Å². The number of aromatic amines is 3. The van der Waals surface area contributed by atoms with Crippen LogP contribution >= 0.6 is 0 Å². The van der Waals surface area contributed by atoms with Gasteiger partial charge in [0.1, 0.15) is 18.2 Å². The van der Waals surface area contributed by atoms with Crippen molar-refractivity contribution in [2.45, 2.75) is 50.3 Å². The summed E-state index contributed by atoms with van der Waals surface area (Å²) >= 11 is 0. The lowest BCUT2D eigenvalue weighted by Crippen LogP contribution is -2.56. The highest BCUT2D eigenvalue weighted by atomic mass is 16.5. The van der Waals surface area contributed by atoms with Gasteiger partial charge in [-0.15, -0.1) is 0 Å². The van der Waals surface area contributed by atoms with Crippen LogP contribution in [-0.2, 0) is 9.53 Å². The summed E-state index contributed by atoms with van der Waals surface area (Å²) in [5, 5.41) is 22.5. The molecule has 12 nitrogen and oxygen atoms in total. The Kier molecular flexibility index (Phi) is 5.41. The van der Waals surface area contributed by atoms with Crippen LogP contribution in [0, 0.1) is 0 Å². The second-order valence-corrected chi connectivity index (χ2v) is 6.48. The van der Waals surface area contributed by atoms with E-state index in [1.54, 1.807) is 0 Å². The zero-order chi connectivity index (χ0) is 19.7. The lowest BCUT2D eigenvalue weighted by molar-refractivity contribution is -0.740. The molecule has 1 fully saturated rings. The van der Waals surface area contributed by atoms with Crippen LogP contribution in [0.5, 0.6) is 0 Å². The number of ether oxygens (including phenoxy) is 1. The Morgan fingerprint density at radius 3 is 2.85 bits per heavy atom. The van der Waals surface area contributed by atoms with E-state index in [1.807, 2.05) is 6.92 Å². The molecule has 1 aliphatic heterocycles. The standard InChI is InChI=1S/C15H22N6O6/c1-2-3-6(16)12(24)18-8-10(23)7(4-22)27-14(8)21-5-17-9-11(21)19-15(26)20-13(9)25/h5-8,10,14,22-23H,2-4,16H2,1H3,(H3,18,19,20,24,25,26)/p+1/t6?,7-,8?,10?,14-/m1/s1. The number of amides is 1. The molecule has 2 aromatic heterocycles. The first-order valence-corrected chi connectivity index (χ1v) is 8.62. The number of aliphatic hydroxyl groups is 2. The van der Waals surface area contributed by atoms with E-state index in [1.165, 1.54) is 10.9 Å². The maximum absolute atomic E-state index is 12.3. The molecule has 0 aliphatic carbocycles. The lowest BCUT2D eigenvalue weighted by atomic mass is 10.1. The monoisotopic (exact) mass is 383 g/mol. The fourth-order valence-corrected chi connectivity index (χ4v) is 3.21. The van der Waals surface area contributed by atoms with E-state index in [0.29, 0.717) is 12.8 Å². The third kappa shape index (κ3) is 3.51. The van der Waals surface area contributed by atoms with Crippen LogP contribution in [0.25, 0.3) is 11.2 Å². The first-order chi connectivity index (χ1) is 12.9. The summed E-state index contributed by atoms with van der Waals surface area (Å²) in [6.07, 6.45) is -0.619. The zero-order valence-corrected chi connectivity index (χ0v) is 14.6. The van der Waals surface area contributed by atoms with Gasteiger partial charge in [-0.2, -0.15) is 0 Å². The maximum atomic E-state index is 12.3. The van der Waals surface area contributed by atoms with Crippen LogP contribution in [0.3, 0.4) is 0 Å². The molecule has 1 amide bonds. The van der Waals surface area contributed by atoms with E-state index in [-0.39, 0.29) is 11.2 Å². The van der Waals surface area contributed by atoms with E-state index >= 15 is 0 Å². The average Bonchev–Trinajstić information content (AvgIpc) is 3.17. The fourth-order valence-electron chi connectivity index (χ4n) is 3.21. The van der Waals surface area contributed by atoms with E-state index in [4.69, 9.17) is 10.5 Å². The molecule has 0 spiro atoms. The summed E-state index contributed by atoms with van der Waals surface area (Å²) in [5.41, 5.74) is 4.69. The molecule has 0 saturated carbocycles. The highest BCUT2D eigenvalue weighted by Crippen LogP contribution is 2.26. The topological polar surface area (TPSA) is 190 Å². The Bertz CT molecular complexity index is 935. The van der Waals surface area contributed by atoms with Gasteiger partial charge in [0.15, 0.2) is 6.33 Å². The largest absolute Gasteiger partial charge is 0.394 e. The minimum atomic E-state index is -1.22. The van der Waals surface area contributed by atoms with E-state index in [9.17, 15) is 24.6 Å². The van der Waals surface area contributed by atoms with Crippen LogP contribution in [0.1, 0.15) is 26.0 Å². The normalized spacial score (nSPS) is 26.4. The third-order valence-corrected chi connectivity index (χ3v) is 4.60. The van der Waals surface area contributed by atoms with Gasteiger partial charge in [-0.25, -0.2) is 14.3 Å². The van der Waals surface area contributed by atoms with Crippen LogP contribution in [0.4, 0.5) is 0 Å². The number of nitrogens with two attached hydrogens (primary N) is 1. The van der Waals surface area contributed by atoms with Crippen molar-refractivity contribution in [1.82, 2.24) is 20.3 Å². The number of H-pyrrole nitrogens is 3. The first kappa shape index (κ1) is 19.2. The fraction of sp³-hybridized carbons (Fsp3) is 0.600. The molecule has 148 valence electrons. The highest BCUT2D eigenvalue weighted by Gasteiger charge is 2.48. The lowest BCUT2D eigenvalue weighted by Gasteiger charge is -2.22. The van der Waals surface area contributed by atoms with Crippen molar-refractivity contribution in [3.63, 3.8) is 0 Å². The molecule has 3 unspecified atom stereocenters. The molecule has 3 rings (SSSR count). The predicted octanol–water partition coefficient (Wildman–Crippen LogP) is -3.31. The minimum absolute atomic E-state index is 0.0906. The summed E-state index contributed by atoms with van der Waals surface area (Å²) in [5.74, 6) is -0.472. The van der Waals surface area contributed by atoms with Gasteiger partial charge in [-0.3, -0.25) is 19.6 Å². The first-order valence-electron chi connectivity index (χ1n) is 8.62. The number of aliphatic hydroxyl groups excluding tert-OH is 2. The Labute approximate surface area is 152 Å². The number of hydrogen-bond acceptors (Lipinski definition) is 7. The second-order valence-electron chi connectivity index (χ2n) is 6.48. The third-order valence-electron chi connectivity index (χ3n) is 4.60. The minimum Gasteiger partial charge on any atom is -0.394 e. The number of nitrogens with zero attached hydrogens (tertiary/aromatic N) is 1. The SMILES string of the molecule is CCCC(N)C(=O)NC1C(O)[C@@H](CO)O[C@H]1[n+]1c[nH]c2c(=O)[nH]c(=O)[nH]c21. The van der Waals surface area contributed by atoms with Gasteiger partial charge in [0.2, 0.25) is 17.7 Å². The molecule has 12 heteroatoms. The van der Waals surface area contributed by atoms with Crippen molar-refractivity contribution in [3.05, 3.63) is 27.2 Å². The number of aromatic nitrogens is 4. The van der Waals surface area contributed by atoms with E-state index in [2.05, 4.69) is 20.3 Å². The Hall–Kier alpha value is -2.54. The molecule has 3 heterocycles. The molecule has 1 aliphatic rings. The Morgan fingerprint density at radius 1 is 1.44 bits per heavy atom. The quantitative estimate of drug-likeness (QED) is 0.254.